The van der Waals surface area contributed by atoms with Crippen LogP contribution in [0, 0.1) is 23.2 Å². The molecule has 0 aliphatic carbocycles. The first-order valence-corrected chi connectivity index (χ1v) is 10.6. The number of nitrogens with one attached hydrogen (secondary N) is 1. The average molecular weight is 428 g/mol. The highest BCUT2D eigenvalue weighted by Crippen LogP contribution is 2.40. The standard InChI is InChI=1S/C22H29N5O4/c1-14(2)9-19(28)26-21-17-5-6-18(27(17)25-13-24-21)22(12-23)8-7-16(31-22)11-30-20(29)10-15(3)4/h5-6,13-16H,7-11H2,1-4H3,(H,24,25,26,28). The highest BCUT2D eigenvalue weighted by molar-refractivity contribution is 5.93. The molecule has 3 heterocycles. The topological polar surface area (TPSA) is 119 Å². The van der Waals surface area contributed by atoms with Crippen LogP contribution >= 0.6 is 0 Å². The molecule has 166 valence electrons. The first-order valence-electron chi connectivity index (χ1n) is 10.6. The molecule has 2 atom stereocenters. The quantitative estimate of drug-likeness (QED) is 0.643. The molecule has 0 radical (unpaired) electrons. The van der Waals surface area contributed by atoms with Crippen molar-refractivity contribution in [2.24, 2.45) is 11.8 Å². The number of rotatable bonds is 8. The van der Waals surface area contributed by atoms with Gasteiger partial charge < -0.3 is 14.8 Å². The molecule has 9 heteroatoms. The second-order valence-corrected chi connectivity index (χ2v) is 8.77. The Hall–Kier alpha value is -2.99. The molecule has 0 saturated carbocycles. The van der Waals surface area contributed by atoms with E-state index in [1.165, 1.54) is 6.33 Å². The molecule has 31 heavy (non-hydrogen) atoms. The SMILES string of the molecule is CC(C)CC(=O)Nc1ncnn2c(C3(C#N)CCC(COC(=O)CC(C)C)O3)ccc12. The van der Waals surface area contributed by atoms with Gasteiger partial charge in [0, 0.05) is 12.8 Å². The van der Waals surface area contributed by atoms with Crippen LogP contribution in [0.1, 0.15) is 59.1 Å². The molecule has 1 aliphatic heterocycles. The van der Waals surface area contributed by atoms with Gasteiger partial charge >= 0.3 is 5.97 Å². The third kappa shape index (κ3) is 5.20. The van der Waals surface area contributed by atoms with Crippen LogP contribution in [0.5, 0.6) is 0 Å². The molecule has 0 aromatic carbocycles. The largest absolute Gasteiger partial charge is 0.463 e. The van der Waals surface area contributed by atoms with E-state index in [0.29, 0.717) is 42.7 Å². The number of carbonyl (C=O) groups excluding carboxylic acids is 2. The third-order valence-corrected chi connectivity index (χ3v) is 5.09. The summed E-state index contributed by atoms with van der Waals surface area (Å²) in [4.78, 5) is 28.2. The lowest BCUT2D eigenvalue weighted by molar-refractivity contribution is -0.149. The molecular weight excluding hydrogens is 398 g/mol. The molecule has 1 aliphatic rings. The number of amides is 1. The van der Waals surface area contributed by atoms with Gasteiger partial charge in [-0.3, -0.25) is 9.59 Å². The van der Waals surface area contributed by atoms with Crippen molar-refractivity contribution in [3.63, 3.8) is 0 Å². The van der Waals surface area contributed by atoms with Crippen molar-refractivity contribution in [1.29, 1.82) is 5.26 Å². The minimum Gasteiger partial charge on any atom is -0.463 e. The minimum absolute atomic E-state index is 0.115. The van der Waals surface area contributed by atoms with Crippen LogP contribution < -0.4 is 5.32 Å². The Morgan fingerprint density at radius 2 is 2.06 bits per heavy atom. The summed E-state index contributed by atoms with van der Waals surface area (Å²) in [6, 6.07) is 5.80. The number of carbonyl (C=O) groups is 2. The fourth-order valence-electron chi connectivity index (χ4n) is 3.68. The second kappa shape index (κ2) is 9.43. The normalized spacial score (nSPS) is 20.9. The zero-order chi connectivity index (χ0) is 22.6. The maximum Gasteiger partial charge on any atom is 0.306 e. The van der Waals surface area contributed by atoms with Gasteiger partial charge in [0.2, 0.25) is 5.91 Å². The molecule has 1 saturated heterocycles. The van der Waals surface area contributed by atoms with Gasteiger partial charge in [0.05, 0.1) is 11.8 Å². The molecule has 9 nitrogen and oxygen atoms in total. The molecule has 1 fully saturated rings. The zero-order valence-electron chi connectivity index (χ0n) is 18.4. The predicted octanol–water partition coefficient (Wildman–Crippen LogP) is 3.20. The minimum atomic E-state index is -1.21. The van der Waals surface area contributed by atoms with Crippen LogP contribution in [-0.4, -0.2) is 39.2 Å². The lowest BCUT2D eigenvalue weighted by Gasteiger charge is -2.22. The van der Waals surface area contributed by atoms with Gasteiger partial charge in [-0.05, 0) is 36.8 Å². The highest BCUT2D eigenvalue weighted by atomic mass is 16.6. The average Bonchev–Trinajstić information content (AvgIpc) is 3.30. The van der Waals surface area contributed by atoms with Gasteiger partial charge in [0.25, 0.3) is 0 Å². The number of anilines is 1. The molecular formula is C22H29N5O4. The smallest absolute Gasteiger partial charge is 0.306 e. The van der Waals surface area contributed by atoms with E-state index in [9.17, 15) is 14.9 Å². The summed E-state index contributed by atoms with van der Waals surface area (Å²) < 4.78 is 13.0. The van der Waals surface area contributed by atoms with E-state index in [0.717, 1.165) is 0 Å². The fourth-order valence-corrected chi connectivity index (χ4v) is 3.68. The van der Waals surface area contributed by atoms with Crippen LogP contribution in [0.25, 0.3) is 5.52 Å². The summed E-state index contributed by atoms with van der Waals surface area (Å²) in [5.41, 5.74) is -0.0721. The molecule has 2 aromatic rings. The Morgan fingerprint density at radius 3 is 2.74 bits per heavy atom. The van der Waals surface area contributed by atoms with Gasteiger partial charge in [-0.25, -0.2) is 9.50 Å². The molecule has 2 aromatic heterocycles. The number of nitriles is 1. The van der Waals surface area contributed by atoms with E-state index >= 15 is 0 Å². The van der Waals surface area contributed by atoms with E-state index in [4.69, 9.17) is 9.47 Å². The highest BCUT2D eigenvalue weighted by Gasteiger charge is 2.45. The van der Waals surface area contributed by atoms with Gasteiger partial charge in [0.15, 0.2) is 11.4 Å². The lowest BCUT2D eigenvalue weighted by atomic mass is 9.98. The van der Waals surface area contributed by atoms with Crippen LogP contribution in [0.15, 0.2) is 18.5 Å². The van der Waals surface area contributed by atoms with Gasteiger partial charge in [-0.2, -0.15) is 10.4 Å². The molecule has 2 unspecified atom stereocenters. The molecule has 0 bridgehead atoms. The summed E-state index contributed by atoms with van der Waals surface area (Å²) in [6.07, 6.45) is 2.73. The number of hydrogen-bond donors (Lipinski definition) is 1. The third-order valence-electron chi connectivity index (χ3n) is 5.09. The summed E-state index contributed by atoms with van der Waals surface area (Å²) in [6.45, 7) is 7.95. The van der Waals surface area contributed by atoms with Crippen LogP contribution in [0.4, 0.5) is 5.82 Å². The number of aromatic nitrogens is 3. The number of hydrogen-bond acceptors (Lipinski definition) is 7. The Kier molecular flexibility index (Phi) is 6.91. The number of ether oxygens (including phenoxy) is 2. The van der Waals surface area contributed by atoms with Crippen molar-refractivity contribution in [3.8, 4) is 6.07 Å². The van der Waals surface area contributed by atoms with Crippen LogP contribution in [-0.2, 0) is 24.7 Å². The number of fused-ring (bicyclic) bond motifs is 1. The zero-order valence-corrected chi connectivity index (χ0v) is 18.4. The fraction of sp³-hybridized carbons (Fsp3) is 0.591. The number of esters is 1. The first-order chi connectivity index (χ1) is 14.7. The Balaban J connectivity index is 1.77. The van der Waals surface area contributed by atoms with E-state index in [-0.39, 0.29) is 36.4 Å². The summed E-state index contributed by atoms with van der Waals surface area (Å²) >= 11 is 0. The van der Waals surface area contributed by atoms with E-state index in [2.05, 4.69) is 21.5 Å². The summed E-state index contributed by atoms with van der Waals surface area (Å²) in [5, 5.41) is 17.1. The molecule has 3 rings (SSSR count). The Labute approximate surface area is 181 Å². The molecule has 1 amide bonds. The second-order valence-electron chi connectivity index (χ2n) is 8.77. The summed E-state index contributed by atoms with van der Waals surface area (Å²) in [5.74, 6) is 0.430. The summed E-state index contributed by atoms with van der Waals surface area (Å²) in [7, 11) is 0. The van der Waals surface area contributed by atoms with Crippen molar-refractivity contribution >= 4 is 23.2 Å². The van der Waals surface area contributed by atoms with Crippen molar-refractivity contribution in [2.45, 2.75) is 65.1 Å². The first kappa shape index (κ1) is 22.7. The predicted molar refractivity (Wildman–Crippen MR) is 113 cm³/mol. The number of nitrogens with zero attached hydrogens (tertiary/aromatic N) is 4. The monoisotopic (exact) mass is 427 g/mol. The lowest BCUT2D eigenvalue weighted by Crippen LogP contribution is -2.29. The van der Waals surface area contributed by atoms with E-state index in [1.807, 2.05) is 27.7 Å². The maximum absolute atomic E-state index is 12.2. The van der Waals surface area contributed by atoms with Crippen molar-refractivity contribution in [3.05, 3.63) is 24.2 Å². The van der Waals surface area contributed by atoms with Crippen molar-refractivity contribution in [1.82, 2.24) is 14.6 Å². The van der Waals surface area contributed by atoms with Crippen LogP contribution in [0.3, 0.4) is 0 Å². The molecule has 0 spiro atoms. The molecule has 1 N–H and O–H groups in total. The maximum atomic E-state index is 12.2. The van der Waals surface area contributed by atoms with E-state index < -0.39 is 5.60 Å². The van der Waals surface area contributed by atoms with Crippen LogP contribution in [0.2, 0.25) is 0 Å². The van der Waals surface area contributed by atoms with E-state index in [1.54, 1.807) is 16.6 Å². The Morgan fingerprint density at radius 1 is 1.32 bits per heavy atom. The Bertz CT molecular complexity index is 993. The van der Waals surface area contributed by atoms with Gasteiger partial charge in [-0.15, -0.1) is 0 Å². The van der Waals surface area contributed by atoms with Crippen molar-refractivity contribution < 1.29 is 19.1 Å². The van der Waals surface area contributed by atoms with Crippen molar-refractivity contribution in [2.75, 3.05) is 11.9 Å². The van der Waals surface area contributed by atoms with Gasteiger partial charge in [0.1, 0.15) is 24.5 Å². The van der Waals surface area contributed by atoms with Gasteiger partial charge in [-0.1, -0.05) is 27.7 Å².